The Morgan fingerprint density at radius 3 is 0.802 bits per heavy atom. The van der Waals surface area contributed by atoms with Gasteiger partial charge in [0.05, 0.1) is 65.3 Å². The molecule has 86 heavy (non-hydrogen) atoms. The van der Waals surface area contributed by atoms with Gasteiger partial charge < -0.3 is 37.5 Å². The highest BCUT2D eigenvalue weighted by Gasteiger charge is 2.35. The largest absolute Gasteiger partial charge is 0.426 e. The fourth-order valence-corrected chi connectivity index (χ4v) is 9.35. The lowest BCUT2D eigenvalue weighted by atomic mass is 10.1. The molecule has 0 bridgehead atoms. The lowest BCUT2D eigenvalue weighted by molar-refractivity contribution is -0.205. The van der Waals surface area contributed by atoms with Gasteiger partial charge in [-0.15, -0.1) is 0 Å². The smallest absolute Gasteiger partial charge is 0.417 e. The van der Waals surface area contributed by atoms with Crippen molar-refractivity contribution in [1.82, 2.24) is 10.1 Å². The molecule has 6 atom stereocenters. The van der Waals surface area contributed by atoms with Crippen molar-refractivity contribution in [3.05, 3.63) is 312 Å². The predicted molar refractivity (Wildman–Crippen MR) is 328 cm³/mol. The van der Waals surface area contributed by atoms with Gasteiger partial charge in [0.15, 0.2) is 0 Å². The van der Waals surface area contributed by atoms with Gasteiger partial charge in [-0.05, 0) is 56.7 Å². The highest BCUT2D eigenvalue weighted by atomic mass is 31.1. The number of ether oxygens (including phenoxy) is 6. The number of nitrogens with zero attached hydrogens (tertiary/aromatic N) is 2. The minimum absolute atomic E-state index is 0.0668. The van der Waals surface area contributed by atoms with E-state index >= 15 is 0 Å². The number of carbonyl (C=O) groups is 2. The monoisotopic (exact) mass is 1180 g/mol. The van der Waals surface area contributed by atoms with Crippen LogP contribution in [-0.4, -0.2) is 72.7 Å². The fourth-order valence-electron chi connectivity index (χ4n) is 8.91. The summed E-state index contributed by atoms with van der Waals surface area (Å²) in [6.45, 7) is 0.993. The quantitative estimate of drug-likeness (QED) is 0.0155. The van der Waals surface area contributed by atoms with Crippen LogP contribution in [0.25, 0.3) is 0 Å². The molecule has 8 aromatic rings. The minimum Gasteiger partial charge on any atom is -0.426 e. The van der Waals surface area contributed by atoms with Crippen LogP contribution in [0.3, 0.4) is 0 Å². The number of rotatable bonds is 40. The third-order valence-electron chi connectivity index (χ3n) is 13.4. The standard InChI is InChI=1S/C70H73N2O13P/c73-55-71(82-53-63-37-21-7-22-38-63)45-67(78-49-59-29-13-3-14-30-59)69(80-51-61-33-17-5-18-34-61)65(76-47-57-25-9-1-10-26-57)41-43-84-86(75)85-44-42-66(77-48-58-27-11-2-12-28-58)70(81-52-62-35-19-6-20-36-62)68(79-50-60-31-15-4-16-32-60)46-72(56-74)83-54-64-39-23-8-24-40-64/h1-44,55-56,65-70,86H,45-54H2/b43-41+,44-42+/t65-,66-,67-,68-,69+,70+/m1/s1. The summed E-state index contributed by atoms with van der Waals surface area (Å²) in [5.41, 5.74) is 7.01. The molecule has 0 unspecified atom stereocenters. The summed E-state index contributed by atoms with van der Waals surface area (Å²) in [5, 5.41) is 2.39. The van der Waals surface area contributed by atoms with E-state index in [-0.39, 0.29) is 65.9 Å². The maximum Gasteiger partial charge on any atom is 0.417 e. The van der Waals surface area contributed by atoms with E-state index in [1.165, 1.54) is 22.7 Å². The van der Waals surface area contributed by atoms with Crippen LogP contribution in [0.1, 0.15) is 44.5 Å². The summed E-state index contributed by atoms with van der Waals surface area (Å²) >= 11 is 0. The molecule has 2 amide bonds. The Kier molecular flexibility index (Phi) is 27.5. The molecule has 446 valence electrons. The van der Waals surface area contributed by atoms with E-state index in [1.807, 2.05) is 243 Å². The summed E-state index contributed by atoms with van der Waals surface area (Å²) in [5.74, 6) is 0. The van der Waals surface area contributed by atoms with Crippen LogP contribution in [0.4, 0.5) is 0 Å². The molecule has 0 fully saturated rings. The molecule has 0 aromatic heterocycles. The number of carbonyl (C=O) groups excluding carboxylic acids is 2. The molecule has 0 heterocycles. The van der Waals surface area contributed by atoms with Gasteiger partial charge in [0.1, 0.15) is 49.8 Å². The second-order valence-corrected chi connectivity index (χ2v) is 20.8. The van der Waals surface area contributed by atoms with E-state index in [0.717, 1.165) is 44.5 Å². The van der Waals surface area contributed by atoms with E-state index < -0.39 is 44.9 Å². The van der Waals surface area contributed by atoms with Crippen molar-refractivity contribution >= 4 is 21.1 Å². The Balaban J connectivity index is 1.07. The molecule has 0 N–H and O–H groups in total. The van der Waals surface area contributed by atoms with Crippen molar-refractivity contribution in [1.29, 1.82) is 0 Å². The topological polar surface area (TPSA) is 150 Å². The van der Waals surface area contributed by atoms with E-state index in [9.17, 15) is 14.2 Å². The van der Waals surface area contributed by atoms with Gasteiger partial charge in [-0.25, -0.2) is 14.7 Å². The number of hydrogen-bond acceptors (Lipinski definition) is 13. The zero-order valence-electron chi connectivity index (χ0n) is 47.8. The lowest BCUT2D eigenvalue weighted by Crippen LogP contribution is -2.47. The van der Waals surface area contributed by atoms with Gasteiger partial charge in [-0.1, -0.05) is 243 Å². The fraction of sp³-hybridized carbons (Fsp3) is 0.229. The Labute approximate surface area is 504 Å². The SMILES string of the molecule is O=CN(C[C@@H](OCc1ccccc1)[C@@H](OCc1ccccc1)[C@@H](/C=C/O[PH](=O)O/C=C/[C@@H](OCc1ccccc1)[C@H](OCc1ccccc1)[C@@H](CN(C=O)OCc1ccccc1)OCc1ccccc1)OCc1ccccc1)OCc1ccccc1. The number of hydrogen-bond donors (Lipinski definition) is 0. The zero-order chi connectivity index (χ0) is 59.5. The van der Waals surface area contributed by atoms with Crippen LogP contribution >= 0.6 is 8.25 Å². The summed E-state index contributed by atoms with van der Waals surface area (Å²) in [4.78, 5) is 37.8. The molecule has 15 nitrogen and oxygen atoms in total. The molecule has 0 aliphatic heterocycles. The molecule has 16 heteroatoms. The molecule has 0 spiro atoms. The average Bonchev–Trinajstić information content (AvgIpc) is 3.76. The summed E-state index contributed by atoms with van der Waals surface area (Å²) < 4.78 is 66.1. The highest BCUT2D eigenvalue weighted by molar-refractivity contribution is 7.33. The Hall–Kier alpha value is -8.31. The molecule has 0 aliphatic carbocycles. The van der Waals surface area contributed by atoms with Crippen LogP contribution in [-0.2, 0) is 114 Å². The maximum atomic E-state index is 14.0. The van der Waals surface area contributed by atoms with Crippen molar-refractivity contribution < 1.29 is 61.3 Å². The first kappa shape index (κ1) is 63.7. The number of hydroxylamine groups is 4. The lowest BCUT2D eigenvalue weighted by Gasteiger charge is -2.34. The van der Waals surface area contributed by atoms with Crippen molar-refractivity contribution in [2.24, 2.45) is 0 Å². The van der Waals surface area contributed by atoms with Crippen LogP contribution in [0.5, 0.6) is 0 Å². The normalized spacial score (nSPS) is 13.6. The van der Waals surface area contributed by atoms with Crippen molar-refractivity contribution in [2.45, 2.75) is 89.5 Å². The average molecular weight is 1180 g/mol. The Bertz CT molecular complexity index is 2960. The van der Waals surface area contributed by atoms with Crippen LogP contribution < -0.4 is 0 Å². The summed E-state index contributed by atoms with van der Waals surface area (Å²) in [7, 11) is -3.34. The van der Waals surface area contributed by atoms with Crippen LogP contribution in [0, 0.1) is 0 Å². The predicted octanol–water partition coefficient (Wildman–Crippen LogP) is 13.1. The van der Waals surface area contributed by atoms with Crippen molar-refractivity contribution in [2.75, 3.05) is 13.1 Å². The zero-order valence-corrected chi connectivity index (χ0v) is 48.8. The molecule has 0 aliphatic rings. The van der Waals surface area contributed by atoms with E-state index in [1.54, 1.807) is 12.2 Å². The molecule has 0 saturated heterocycles. The van der Waals surface area contributed by atoms with E-state index in [4.69, 9.17) is 47.1 Å². The molecule has 8 aromatic carbocycles. The molecular formula is C70H73N2O13P. The van der Waals surface area contributed by atoms with Gasteiger partial charge in [-0.2, -0.15) is 0 Å². The second kappa shape index (κ2) is 37.2. The third-order valence-corrected chi connectivity index (χ3v) is 14.1. The van der Waals surface area contributed by atoms with Gasteiger partial charge in [0.2, 0.25) is 12.8 Å². The van der Waals surface area contributed by atoms with Crippen LogP contribution in [0.2, 0.25) is 0 Å². The molecular weight excluding hydrogens is 1110 g/mol. The number of benzene rings is 8. The van der Waals surface area contributed by atoms with Gasteiger partial charge in [0, 0.05) is 0 Å². The Morgan fingerprint density at radius 2 is 0.547 bits per heavy atom. The maximum absolute atomic E-state index is 14.0. The van der Waals surface area contributed by atoms with Crippen molar-refractivity contribution in [3.63, 3.8) is 0 Å². The first-order valence-corrected chi connectivity index (χ1v) is 29.6. The summed E-state index contributed by atoms with van der Waals surface area (Å²) in [6, 6.07) is 76.9. The molecule has 0 radical (unpaired) electrons. The van der Waals surface area contributed by atoms with Gasteiger partial charge >= 0.3 is 8.25 Å². The molecule has 8 rings (SSSR count). The van der Waals surface area contributed by atoms with Crippen LogP contribution in [0.15, 0.2) is 267 Å². The second-order valence-electron chi connectivity index (χ2n) is 19.8. The van der Waals surface area contributed by atoms with Gasteiger partial charge in [0.25, 0.3) is 0 Å². The molecule has 0 saturated carbocycles. The van der Waals surface area contributed by atoms with Crippen molar-refractivity contribution in [3.8, 4) is 0 Å². The number of amides is 2. The van der Waals surface area contributed by atoms with E-state index in [2.05, 4.69) is 0 Å². The third kappa shape index (κ3) is 22.9. The first-order valence-electron chi connectivity index (χ1n) is 28.4. The van der Waals surface area contributed by atoms with E-state index in [0.29, 0.717) is 12.8 Å². The highest BCUT2D eigenvalue weighted by Crippen LogP contribution is 2.28. The Morgan fingerprint density at radius 1 is 0.314 bits per heavy atom. The summed E-state index contributed by atoms with van der Waals surface area (Å²) in [6.07, 6.45) is 1.43. The minimum atomic E-state index is -3.34. The first-order chi connectivity index (χ1) is 42.5. The van der Waals surface area contributed by atoms with Gasteiger partial charge in [-0.3, -0.25) is 19.3 Å².